The third-order valence-corrected chi connectivity index (χ3v) is 4.32. The maximum atomic E-state index is 12.6. The van der Waals surface area contributed by atoms with Crippen LogP contribution in [0.2, 0.25) is 0 Å². The average molecular weight is 306 g/mol. The van der Waals surface area contributed by atoms with Gasteiger partial charge in [-0.1, -0.05) is 18.2 Å². The topological polar surface area (TPSA) is 61.2 Å². The summed E-state index contributed by atoms with van der Waals surface area (Å²) < 4.78 is 6.45. The molecule has 0 amide bonds. The lowest BCUT2D eigenvalue weighted by Crippen LogP contribution is -2.24. The summed E-state index contributed by atoms with van der Waals surface area (Å²) in [4.78, 5) is 29.2. The van der Waals surface area contributed by atoms with E-state index in [1.54, 1.807) is 17.6 Å². The van der Waals surface area contributed by atoms with Crippen LogP contribution in [0.3, 0.4) is 0 Å². The molecule has 5 heteroatoms. The zero-order valence-electron chi connectivity index (χ0n) is 12.8. The molecular formula is C18H14N2O3. The molecule has 0 N–H and O–H groups in total. The van der Waals surface area contributed by atoms with Crippen LogP contribution in [0.15, 0.2) is 41.2 Å². The van der Waals surface area contributed by atoms with Crippen molar-refractivity contribution in [2.24, 2.45) is 0 Å². The molecule has 0 atom stereocenters. The van der Waals surface area contributed by atoms with Gasteiger partial charge in [-0.05, 0) is 25.1 Å². The first-order valence-electron chi connectivity index (χ1n) is 7.32. The van der Waals surface area contributed by atoms with Crippen molar-refractivity contribution in [3.63, 3.8) is 0 Å². The number of pyridine rings is 2. The molecule has 1 aliphatic rings. The fourth-order valence-electron chi connectivity index (χ4n) is 3.10. The Kier molecular flexibility index (Phi) is 2.84. The number of fused-ring (bicyclic) bond motifs is 4. The molecule has 1 aliphatic heterocycles. The first-order chi connectivity index (χ1) is 11.1. The van der Waals surface area contributed by atoms with E-state index in [4.69, 9.17) is 4.74 Å². The molecule has 3 heterocycles. The van der Waals surface area contributed by atoms with Crippen molar-refractivity contribution in [3.8, 4) is 11.4 Å². The first-order valence-corrected chi connectivity index (χ1v) is 7.32. The zero-order valence-corrected chi connectivity index (χ0v) is 12.8. The second-order valence-corrected chi connectivity index (χ2v) is 5.64. The summed E-state index contributed by atoms with van der Waals surface area (Å²) in [5.74, 6) is -0.503. The number of benzene rings is 1. The van der Waals surface area contributed by atoms with Gasteiger partial charge in [-0.2, -0.15) is 0 Å². The van der Waals surface area contributed by atoms with Crippen LogP contribution in [-0.2, 0) is 11.3 Å². The zero-order chi connectivity index (χ0) is 16.1. The number of hydrogen-bond donors (Lipinski definition) is 0. The van der Waals surface area contributed by atoms with E-state index in [-0.39, 0.29) is 5.56 Å². The van der Waals surface area contributed by atoms with Crippen molar-refractivity contribution in [2.45, 2.75) is 13.5 Å². The summed E-state index contributed by atoms with van der Waals surface area (Å²) in [6, 6.07) is 11.6. The fraction of sp³-hybridized carbons (Fsp3) is 0.167. The Morgan fingerprint density at radius 1 is 1.26 bits per heavy atom. The minimum Gasteiger partial charge on any atom is -0.465 e. The van der Waals surface area contributed by atoms with Crippen LogP contribution in [0.5, 0.6) is 0 Å². The lowest BCUT2D eigenvalue weighted by atomic mass is 10.1. The summed E-state index contributed by atoms with van der Waals surface area (Å²) in [5.41, 5.74) is 3.80. The molecule has 5 nitrogen and oxygen atoms in total. The van der Waals surface area contributed by atoms with Gasteiger partial charge in [0.2, 0.25) is 0 Å². The van der Waals surface area contributed by atoms with Gasteiger partial charge in [0.15, 0.2) is 0 Å². The molecule has 0 fully saturated rings. The molecule has 114 valence electrons. The van der Waals surface area contributed by atoms with Crippen molar-refractivity contribution in [2.75, 3.05) is 7.11 Å². The number of hydrogen-bond acceptors (Lipinski definition) is 4. The molecule has 0 bridgehead atoms. The van der Waals surface area contributed by atoms with Gasteiger partial charge in [0.1, 0.15) is 0 Å². The summed E-state index contributed by atoms with van der Waals surface area (Å²) in [5, 5.41) is 1.04. The number of rotatable bonds is 1. The normalized spacial score (nSPS) is 12.1. The van der Waals surface area contributed by atoms with Crippen LogP contribution >= 0.6 is 0 Å². The van der Waals surface area contributed by atoms with Gasteiger partial charge in [-0.3, -0.25) is 4.79 Å². The Labute approximate surface area is 132 Å². The van der Waals surface area contributed by atoms with Gasteiger partial charge in [0.05, 0.1) is 36.1 Å². The number of nitrogens with zero attached hydrogens (tertiary/aromatic N) is 2. The first kappa shape index (κ1) is 13.7. The standard InChI is InChI=1S/C18H14N2O3/c1-10-13(18(22)23-2)8-15-16-12(9-20(15)17(10)21)7-11-5-3-4-6-14(11)19-16/h3-8H,9H2,1-2H3. The summed E-state index contributed by atoms with van der Waals surface area (Å²) in [6.07, 6.45) is 0. The molecule has 1 aromatic carbocycles. The van der Waals surface area contributed by atoms with E-state index in [9.17, 15) is 9.59 Å². The number of esters is 1. The highest BCUT2D eigenvalue weighted by Gasteiger charge is 2.25. The Morgan fingerprint density at radius 2 is 2.04 bits per heavy atom. The van der Waals surface area contributed by atoms with E-state index >= 15 is 0 Å². The van der Waals surface area contributed by atoms with Crippen LogP contribution in [0.25, 0.3) is 22.3 Å². The highest BCUT2D eigenvalue weighted by molar-refractivity contribution is 5.93. The molecule has 0 saturated carbocycles. The van der Waals surface area contributed by atoms with Crippen molar-refractivity contribution in [3.05, 3.63) is 63.4 Å². The summed E-state index contributed by atoms with van der Waals surface area (Å²) >= 11 is 0. The molecule has 23 heavy (non-hydrogen) atoms. The predicted octanol–water partition coefficient (Wildman–Crippen LogP) is 2.52. The molecule has 2 aromatic heterocycles. The van der Waals surface area contributed by atoms with Gasteiger partial charge < -0.3 is 9.30 Å². The maximum absolute atomic E-state index is 12.6. The van der Waals surface area contributed by atoms with Crippen molar-refractivity contribution >= 4 is 16.9 Å². The lowest BCUT2D eigenvalue weighted by molar-refractivity contribution is 0.0599. The Hall–Kier alpha value is -2.95. The van der Waals surface area contributed by atoms with Gasteiger partial charge >= 0.3 is 5.97 Å². The third-order valence-electron chi connectivity index (χ3n) is 4.32. The highest BCUT2D eigenvalue weighted by atomic mass is 16.5. The highest BCUT2D eigenvalue weighted by Crippen LogP contribution is 2.32. The van der Waals surface area contributed by atoms with Crippen LogP contribution in [0.4, 0.5) is 0 Å². The quantitative estimate of drug-likeness (QED) is 0.507. The molecule has 0 aliphatic carbocycles. The molecule has 3 aromatic rings. The van der Waals surface area contributed by atoms with E-state index in [2.05, 4.69) is 11.1 Å². The predicted molar refractivity (Wildman–Crippen MR) is 86.6 cm³/mol. The van der Waals surface area contributed by atoms with Crippen LogP contribution in [0, 0.1) is 6.92 Å². The lowest BCUT2D eigenvalue weighted by Gasteiger charge is -2.08. The molecule has 4 rings (SSSR count). The second-order valence-electron chi connectivity index (χ2n) is 5.64. The number of para-hydroxylation sites is 1. The van der Waals surface area contributed by atoms with Crippen LogP contribution in [0.1, 0.15) is 21.5 Å². The number of ether oxygens (including phenoxy) is 1. The Balaban J connectivity index is 2.02. The van der Waals surface area contributed by atoms with Crippen LogP contribution < -0.4 is 5.56 Å². The van der Waals surface area contributed by atoms with Gasteiger partial charge in [0, 0.05) is 16.5 Å². The molecule has 0 radical (unpaired) electrons. The molecule has 0 unspecified atom stereocenters. The molecular weight excluding hydrogens is 292 g/mol. The van der Waals surface area contributed by atoms with E-state index in [0.717, 1.165) is 22.2 Å². The van der Waals surface area contributed by atoms with Crippen molar-refractivity contribution in [1.29, 1.82) is 0 Å². The number of aromatic nitrogens is 2. The SMILES string of the molecule is COC(=O)c1cc2n(c(=O)c1C)Cc1cc3ccccc3nc1-2. The second kappa shape index (κ2) is 4.78. The largest absolute Gasteiger partial charge is 0.465 e. The molecule has 0 saturated heterocycles. The third kappa shape index (κ3) is 1.90. The number of carbonyl (C=O) groups is 1. The minimum atomic E-state index is -0.503. The maximum Gasteiger partial charge on any atom is 0.338 e. The minimum absolute atomic E-state index is 0.176. The van der Waals surface area contributed by atoms with E-state index in [0.29, 0.717) is 23.4 Å². The average Bonchev–Trinajstić information content (AvgIpc) is 2.93. The van der Waals surface area contributed by atoms with E-state index in [1.807, 2.05) is 24.3 Å². The van der Waals surface area contributed by atoms with E-state index in [1.165, 1.54) is 7.11 Å². The van der Waals surface area contributed by atoms with E-state index < -0.39 is 5.97 Å². The van der Waals surface area contributed by atoms with Crippen molar-refractivity contribution in [1.82, 2.24) is 9.55 Å². The van der Waals surface area contributed by atoms with Gasteiger partial charge in [0.25, 0.3) is 5.56 Å². The summed E-state index contributed by atoms with van der Waals surface area (Å²) in [6.45, 7) is 2.12. The Morgan fingerprint density at radius 3 is 2.83 bits per heavy atom. The van der Waals surface area contributed by atoms with Crippen molar-refractivity contribution < 1.29 is 9.53 Å². The smallest absolute Gasteiger partial charge is 0.338 e. The Bertz CT molecular complexity index is 1030. The number of carbonyl (C=O) groups excluding carboxylic acids is 1. The number of methoxy groups -OCH3 is 1. The van der Waals surface area contributed by atoms with Crippen LogP contribution in [-0.4, -0.2) is 22.6 Å². The van der Waals surface area contributed by atoms with Gasteiger partial charge in [-0.25, -0.2) is 9.78 Å². The monoisotopic (exact) mass is 306 g/mol. The van der Waals surface area contributed by atoms with Gasteiger partial charge in [-0.15, -0.1) is 0 Å². The summed E-state index contributed by atoms with van der Waals surface area (Å²) in [7, 11) is 1.31. The fourth-order valence-corrected chi connectivity index (χ4v) is 3.10. The molecule has 0 spiro atoms.